The number of nitrogen functional groups attached to an aromatic ring is 1. The summed E-state index contributed by atoms with van der Waals surface area (Å²) in [6, 6.07) is 7.74. The number of fused-ring (bicyclic) bond motifs is 1. The van der Waals surface area contributed by atoms with E-state index >= 15 is 0 Å². The SMILES string of the molecule is Cc1nc(CNc2ccnc3cc(N)ccc23)cs1. The second-order valence-corrected chi connectivity index (χ2v) is 5.41. The normalized spacial score (nSPS) is 10.8. The third-order valence-electron chi connectivity index (χ3n) is 2.89. The summed E-state index contributed by atoms with van der Waals surface area (Å²) in [6.07, 6.45) is 1.79. The first kappa shape index (κ1) is 11.9. The van der Waals surface area contributed by atoms with Gasteiger partial charge in [-0.2, -0.15) is 0 Å². The van der Waals surface area contributed by atoms with Crippen LogP contribution in [-0.2, 0) is 6.54 Å². The van der Waals surface area contributed by atoms with Gasteiger partial charge in [0, 0.05) is 28.3 Å². The van der Waals surface area contributed by atoms with Crippen molar-refractivity contribution in [1.29, 1.82) is 0 Å². The number of nitrogens with zero attached hydrogens (tertiary/aromatic N) is 2. The highest BCUT2D eigenvalue weighted by atomic mass is 32.1. The van der Waals surface area contributed by atoms with Crippen LogP contribution in [0.25, 0.3) is 10.9 Å². The van der Waals surface area contributed by atoms with E-state index in [0.29, 0.717) is 6.54 Å². The minimum absolute atomic E-state index is 0.716. The molecule has 2 heterocycles. The van der Waals surface area contributed by atoms with Gasteiger partial charge >= 0.3 is 0 Å². The molecule has 0 atom stereocenters. The maximum absolute atomic E-state index is 5.77. The van der Waals surface area contributed by atoms with Gasteiger partial charge in [-0.05, 0) is 31.2 Å². The fourth-order valence-corrected chi connectivity index (χ4v) is 2.61. The Bertz CT molecular complexity index is 720. The number of thiazole rings is 1. The van der Waals surface area contributed by atoms with Gasteiger partial charge in [-0.25, -0.2) is 4.98 Å². The van der Waals surface area contributed by atoms with Gasteiger partial charge < -0.3 is 11.1 Å². The second kappa shape index (κ2) is 4.85. The number of aryl methyl sites for hydroxylation is 1. The number of hydrogen-bond donors (Lipinski definition) is 2. The standard InChI is InChI=1S/C14H14N4S/c1-9-18-11(8-19-9)7-17-13-4-5-16-14-6-10(15)2-3-12(13)14/h2-6,8H,7,15H2,1H3,(H,16,17). The van der Waals surface area contributed by atoms with Crippen molar-refractivity contribution in [3.05, 3.63) is 46.5 Å². The lowest BCUT2D eigenvalue weighted by molar-refractivity contribution is 1.06. The van der Waals surface area contributed by atoms with E-state index in [1.54, 1.807) is 17.5 Å². The Morgan fingerprint density at radius 1 is 1.32 bits per heavy atom. The molecule has 1 aromatic carbocycles. The molecule has 0 spiro atoms. The highest BCUT2D eigenvalue weighted by Crippen LogP contribution is 2.23. The predicted octanol–water partition coefficient (Wildman–Crippen LogP) is 3.19. The summed E-state index contributed by atoms with van der Waals surface area (Å²) in [6.45, 7) is 2.73. The highest BCUT2D eigenvalue weighted by Gasteiger charge is 2.03. The number of hydrogen-bond acceptors (Lipinski definition) is 5. The van der Waals surface area contributed by atoms with E-state index in [2.05, 4.69) is 20.7 Å². The minimum Gasteiger partial charge on any atom is -0.399 e. The topological polar surface area (TPSA) is 63.8 Å². The molecule has 2 aromatic heterocycles. The lowest BCUT2D eigenvalue weighted by atomic mass is 10.1. The third-order valence-corrected chi connectivity index (χ3v) is 3.72. The number of benzene rings is 1. The Morgan fingerprint density at radius 2 is 2.21 bits per heavy atom. The Balaban J connectivity index is 1.88. The van der Waals surface area contributed by atoms with Crippen molar-refractivity contribution in [2.45, 2.75) is 13.5 Å². The van der Waals surface area contributed by atoms with Gasteiger partial charge in [-0.3, -0.25) is 4.98 Å². The molecule has 3 rings (SSSR count). The summed E-state index contributed by atoms with van der Waals surface area (Å²) in [7, 11) is 0. The molecule has 0 amide bonds. The number of nitrogens with one attached hydrogen (secondary N) is 1. The molecule has 0 aliphatic heterocycles. The van der Waals surface area contributed by atoms with Crippen LogP contribution >= 0.6 is 11.3 Å². The van der Waals surface area contributed by atoms with Crippen LogP contribution in [0.15, 0.2) is 35.8 Å². The Morgan fingerprint density at radius 3 is 3.00 bits per heavy atom. The molecule has 0 saturated carbocycles. The summed E-state index contributed by atoms with van der Waals surface area (Å²) in [5.41, 5.74) is 9.51. The van der Waals surface area contributed by atoms with Crippen LogP contribution in [0.3, 0.4) is 0 Å². The van der Waals surface area contributed by atoms with Crippen LogP contribution in [0, 0.1) is 6.92 Å². The number of aromatic nitrogens is 2. The minimum atomic E-state index is 0.716. The van der Waals surface area contributed by atoms with Crippen molar-refractivity contribution < 1.29 is 0 Å². The monoisotopic (exact) mass is 270 g/mol. The molecule has 0 saturated heterocycles. The van der Waals surface area contributed by atoms with Crippen molar-refractivity contribution in [3.63, 3.8) is 0 Å². The van der Waals surface area contributed by atoms with E-state index in [1.807, 2.05) is 31.2 Å². The third kappa shape index (κ3) is 2.51. The molecule has 96 valence electrons. The van der Waals surface area contributed by atoms with Gasteiger partial charge in [0.15, 0.2) is 0 Å². The zero-order valence-corrected chi connectivity index (χ0v) is 11.4. The smallest absolute Gasteiger partial charge is 0.0898 e. The van der Waals surface area contributed by atoms with Crippen molar-refractivity contribution in [1.82, 2.24) is 9.97 Å². The lowest BCUT2D eigenvalue weighted by Gasteiger charge is -2.08. The van der Waals surface area contributed by atoms with Crippen molar-refractivity contribution in [3.8, 4) is 0 Å². The van der Waals surface area contributed by atoms with Crippen LogP contribution in [0.4, 0.5) is 11.4 Å². The Kier molecular flexibility index (Phi) is 3.05. The molecule has 4 nitrogen and oxygen atoms in total. The van der Waals surface area contributed by atoms with Crippen molar-refractivity contribution >= 4 is 33.6 Å². The van der Waals surface area contributed by atoms with Crippen LogP contribution in [0.1, 0.15) is 10.7 Å². The van der Waals surface area contributed by atoms with E-state index < -0.39 is 0 Å². The summed E-state index contributed by atoms with van der Waals surface area (Å²) in [5.74, 6) is 0. The van der Waals surface area contributed by atoms with Crippen LogP contribution in [0.2, 0.25) is 0 Å². The number of anilines is 2. The van der Waals surface area contributed by atoms with E-state index in [0.717, 1.165) is 33.0 Å². The molecule has 0 radical (unpaired) electrons. The first-order chi connectivity index (χ1) is 9.22. The van der Waals surface area contributed by atoms with E-state index in [-0.39, 0.29) is 0 Å². The number of rotatable bonds is 3. The Hall–Kier alpha value is -2.14. The van der Waals surface area contributed by atoms with Gasteiger partial charge in [-0.15, -0.1) is 11.3 Å². The molecule has 0 fully saturated rings. The van der Waals surface area contributed by atoms with E-state index in [4.69, 9.17) is 5.73 Å². The quantitative estimate of drug-likeness (QED) is 0.717. The zero-order valence-electron chi connectivity index (χ0n) is 10.6. The first-order valence-electron chi connectivity index (χ1n) is 6.01. The first-order valence-corrected chi connectivity index (χ1v) is 6.89. The zero-order chi connectivity index (χ0) is 13.2. The molecule has 0 bridgehead atoms. The molecule has 0 aliphatic rings. The highest BCUT2D eigenvalue weighted by molar-refractivity contribution is 7.09. The van der Waals surface area contributed by atoms with Crippen LogP contribution in [0.5, 0.6) is 0 Å². The molecule has 0 aliphatic carbocycles. The van der Waals surface area contributed by atoms with E-state index in [1.165, 1.54) is 0 Å². The van der Waals surface area contributed by atoms with E-state index in [9.17, 15) is 0 Å². The fraction of sp³-hybridized carbons (Fsp3) is 0.143. The van der Waals surface area contributed by atoms with Gasteiger partial charge in [0.05, 0.1) is 22.8 Å². The van der Waals surface area contributed by atoms with Gasteiger partial charge in [0.25, 0.3) is 0 Å². The molecular formula is C14H14N4S. The maximum atomic E-state index is 5.77. The fourth-order valence-electron chi connectivity index (χ4n) is 1.99. The molecular weight excluding hydrogens is 256 g/mol. The molecule has 5 heteroatoms. The Labute approximate surface area is 115 Å². The molecule has 3 N–H and O–H groups in total. The maximum Gasteiger partial charge on any atom is 0.0898 e. The van der Waals surface area contributed by atoms with Crippen LogP contribution < -0.4 is 11.1 Å². The number of pyridine rings is 1. The second-order valence-electron chi connectivity index (χ2n) is 4.35. The average molecular weight is 270 g/mol. The number of nitrogens with two attached hydrogens (primary N) is 1. The summed E-state index contributed by atoms with van der Waals surface area (Å²) < 4.78 is 0. The molecule has 3 aromatic rings. The van der Waals surface area contributed by atoms with Crippen molar-refractivity contribution in [2.24, 2.45) is 0 Å². The predicted molar refractivity (Wildman–Crippen MR) is 80.3 cm³/mol. The molecule has 0 unspecified atom stereocenters. The van der Waals surface area contributed by atoms with Crippen LogP contribution in [-0.4, -0.2) is 9.97 Å². The average Bonchev–Trinajstić information content (AvgIpc) is 2.81. The summed E-state index contributed by atoms with van der Waals surface area (Å²) >= 11 is 1.67. The van der Waals surface area contributed by atoms with Gasteiger partial charge in [0.1, 0.15) is 0 Å². The lowest BCUT2D eigenvalue weighted by Crippen LogP contribution is -2.01. The summed E-state index contributed by atoms with van der Waals surface area (Å²) in [5, 5.41) is 7.63. The largest absolute Gasteiger partial charge is 0.399 e. The van der Waals surface area contributed by atoms with Gasteiger partial charge in [-0.1, -0.05) is 0 Å². The molecule has 19 heavy (non-hydrogen) atoms. The summed E-state index contributed by atoms with van der Waals surface area (Å²) in [4.78, 5) is 8.77. The van der Waals surface area contributed by atoms with Gasteiger partial charge in [0.2, 0.25) is 0 Å². The van der Waals surface area contributed by atoms with Crippen molar-refractivity contribution in [2.75, 3.05) is 11.1 Å².